The van der Waals surface area contributed by atoms with E-state index in [2.05, 4.69) is 5.32 Å². The lowest BCUT2D eigenvalue weighted by Gasteiger charge is -2.29. The number of benzene rings is 1. The van der Waals surface area contributed by atoms with E-state index in [0.29, 0.717) is 18.5 Å². The van der Waals surface area contributed by atoms with E-state index in [4.69, 9.17) is 5.11 Å². The van der Waals surface area contributed by atoms with Crippen LogP contribution in [-0.4, -0.2) is 37.3 Å². The molecule has 1 aromatic carbocycles. The molecule has 2 N–H and O–H groups in total. The molecule has 0 spiro atoms. The molecule has 1 aromatic rings. The first-order valence-corrected chi connectivity index (χ1v) is 6.73. The van der Waals surface area contributed by atoms with E-state index < -0.39 is 17.3 Å². The van der Waals surface area contributed by atoms with Crippen molar-refractivity contribution in [1.29, 1.82) is 0 Å². The lowest BCUT2D eigenvalue weighted by molar-refractivity contribution is 0.0882. The molecule has 0 aliphatic rings. The molecular weight excluding hydrogens is 259 g/mol. The highest BCUT2D eigenvalue weighted by Gasteiger charge is 2.25. The fourth-order valence-corrected chi connectivity index (χ4v) is 1.88. The molecule has 0 bridgehead atoms. The topological polar surface area (TPSA) is 52.6 Å². The molecule has 4 nitrogen and oxygen atoms in total. The average molecular weight is 282 g/mol. The van der Waals surface area contributed by atoms with Gasteiger partial charge in [0, 0.05) is 31.9 Å². The van der Waals surface area contributed by atoms with Crippen LogP contribution in [0, 0.1) is 5.82 Å². The van der Waals surface area contributed by atoms with E-state index in [1.54, 1.807) is 11.0 Å². The second-order valence-electron chi connectivity index (χ2n) is 5.40. The van der Waals surface area contributed by atoms with E-state index in [1.165, 1.54) is 12.1 Å². The van der Waals surface area contributed by atoms with Crippen LogP contribution in [0.3, 0.4) is 0 Å². The molecule has 0 aliphatic heterocycles. The van der Waals surface area contributed by atoms with Crippen LogP contribution in [0.5, 0.6) is 0 Å². The molecule has 0 fully saturated rings. The van der Waals surface area contributed by atoms with Gasteiger partial charge < -0.3 is 15.3 Å². The van der Waals surface area contributed by atoms with Crippen LogP contribution in [-0.2, 0) is 0 Å². The second-order valence-corrected chi connectivity index (χ2v) is 5.40. The Hall–Kier alpha value is -1.62. The maximum Gasteiger partial charge on any atom is 0.254 e. The summed E-state index contributed by atoms with van der Waals surface area (Å²) >= 11 is 0. The molecule has 1 atom stereocenters. The molecular formula is C15H23FN2O2. The van der Waals surface area contributed by atoms with Crippen molar-refractivity contribution >= 4 is 11.6 Å². The van der Waals surface area contributed by atoms with Crippen molar-refractivity contribution in [2.45, 2.75) is 32.2 Å². The van der Waals surface area contributed by atoms with Gasteiger partial charge in [0.25, 0.3) is 5.91 Å². The standard InChI is InChI=1S/C15H23FN2O2/c1-5-15(2,8-9-19)17-14(20)12-7-6-11(18(3)4)10-13(12)16/h6-7,10,19H,5,8-9H2,1-4H3,(H,17,20). The van der Waals surface area contributed by atoms with Crippen molar-refractivity contribution in [2.75, 3.05) is 25.6 Å². The molecule has 0 saturated carbocycles. The van der Waals surface area contributed by atoms with Crippen molar-refractivity contribution in [2.24, 2.45) is 0 Å². The van der Waals surface area contributed by atoms with E-state index in [0.717, 1.165) is 0 Å². The van der Waals surface area contributed by atoms with Crippen molar-refractivity contribution < 1.29 is 14.3 Å². The number of nitrogens with one attached hydrogen (secondary N) is 1. The van der Waals surface area contributed by atoms with Crippen LogP contribution in [0.15, 0.2) is 18.2 Å². The first-order chi connectivity index (χ1) is 9.33. The predicted octanol–water partition coefficient (Wildman–Crippen LogP) is 2.17. The maximum absolute atomic E-state index is 14.0. The molecule has 0 aliphatic carbocycles. The Bertz CT molecular complexity index is 477. The van der Waals surface area contributed by atoms with Gasteiger partial charge >= 0.3 is 0 Å². The summed E-state index contributed by atoms with van der Waals surface area (Å²) in [5.41, 5.74) is 0.194. The number of aliphatic hydroxyl groups excluding tert-OH is 1. The Morgan fingerprint density at radius 3 is 2.55 bits per heavy atom. The molecule has 112 valence electrons. The fourth-order valence-electron chi connectivity index (χ4n) is 1.88. The van der Waals surface area contributed by atoms with Gasteiger partial charge in [-0.2, -0.15) is 0 Å². The molecule has 1 amide bonds. The van der Waals surface area contributed by atoms with Crippen molar-refractivity contribution in [3.63, 3.8) is 0 Å². The first kappa shape index (κ1) is 16.4. The molecule has 0 aromatic heterocycles. The zero-order valence-corrected chi connectivity index (χ0v) is 12.5. The summed E-state index contributed by atoms with van der Waals surface area (Å²) in [7, 11) is 3.62. The highest BCUT2D eigenvalue weighted by Crippen LogP contribution is 2.19. The first-order valence-electron chi connectivity index (χ1n) is 6.73. The number of anilines is 1. The molecule has 5 heteroatoms. The van der Waals surface area contributed by atoms with Crippen LogP contribution in [0.25, 0.3) is 0 Å². The summed E-state index contributed by atoms with van der Waals surface area (Å²) < 4.78 is 14.0. The summed E-state index contributed by atoms with van der Waals surface area (Å²) in [6, 6.07) is 4.52. The Balaban J connectivity index is 2.92. The Morgan fingerprint density at radius 1 is 1.45 bits per heavy atom. The number of nitrogens with zero attached hydrogens (tertiary/aromatic N) is 1. The number of halogens is 1. The highest BCUT2D eigenvalue weighted by molar-refractivity contribution is 5.95. The number of hydrogen-bond donors (Lipinski definition) is 2. The molecule has 0 saturated heterocycles. The van der Waals surface area contributed by atoms with Gasteiger partial charge in [0.2, 0.25) is 0 Å². The monoisotopic (exact) mass is 282 g/mol. The molecule has 1 unspecified atom stereocenters. The third-order valence-corrected chi connectivity index (χ3v) is 3.57. The maximum atomic E-state index is 14.0. The normalized spacial score (nSPS) is 13.7. The Kier molecular flexibility index (Phi) is 5.51. The summed E-state index contributed by atoms with van der Waals surface area (Å²) in [5.74, 6) is -0.998. The molecule has 0 heterocycles. The fraction of sp³-hybridized carbons (Fsp3) is 0.533. The minimum Gasteiger partial charge on any atom is -0.396 e. The summed E-state index contributed by atoms with van der Waals surface area (Å²) in [4.78, 5) is 13.9. The van der Waals surface area contributed by atoms with Crippen molar-refractivity contribution in [3.05, 3.63) is 29.6 Å². The zero-order chi connectivity index (χ0) is 15.3. The van der Waals surface area contributed by atoms with Crippen LogP contribution >= 0.6 is 0 Å². The van der Waals surface area contributed by atoms with Gasteiger partial charge in [0.15, 0.2) is 0 Å². The average Bonchev–Trinajstić information content (AvgIpc) is 2.38. The number of carbonyl (C=O) groups is 1. The third-order valence-electron chi connectivity index (χ3n) is 3.57. The Labute approximate surface area is 119 Å². The minimum atomic E-state index is -0.545. The smallest absolute Gasteiger partial charge is 0.254 e. The van der Waals surface area contributed by atoms with Crippen LogP contribution < -0.4 is 10.2 Å². The van der Waals surface area contributed by atoms with E-state index in [1.807, 2.05) is 27.9 Å². The lowest BCUT2D eigenvalue weighted by atomic mass is 9.94. The Morgan fingerprint density at radius 2 is 2.10 bits per heavy atom. The minimum absolute atomic E-state index is 0.0212. The molecule has 20 heavy (non-hydrogen) atoms. The van der Waals surface area contributed by atoms with Gasteiger partial charge in [-0.05, 0) is 38.0 Å². The molecule has 0 radical (unpaired) electrons. The SMILES string of the molecule is CCC(C)(CCO)NC(=O)c1ccc(N(C)C)cc1F. The van der Waals surface area contributed by atoms with Crippen molar-refractivity contribution in [1.82, 2.24) is 5.32 Å². The van der Waals surface area contributed by atoms with Crippen LogP contribution in [0.4, 0.5) is 10.1 Å². The number of hydrogen-bond acceptors (Lipinski definition) is 3. The number of aliphatic hydroxyl groups is 1. The van der Waals surface area contributed by atoms with Gasteiger partial charge in [-0.15, -0.1) is 0 Å². The van der Waals surface area contributed by atoms with Gasteiger partial charge in [0.1, 0.15) is 5.82 Å². The number of rotatable bonds is 6. The van der Waals surface area contributed by atoms with E-state index in [-0.39, 0.29) is 12.2 Å². The summed E-state index contributed by atoms with van der Waals surface area (Å²) in [6.45, 7) is 3.74. The van der Waals surface area contributed by atoms with E-state index in [9.17, 15) is 9.18 Å². The quantitative estimate of drug-likeness (QED) is 0.841. The largest absolute Gasteiger partial charge is 0.396 e. The molecule has 1 rings (SSSR count). The van der Waals surface area contributed by atoms with Gasteiger partial charge in [-0.1, -0.05) is 6.92 Å². The van der Waals surface area contributed by atoms with E-state index >= 15 is 0 Å². The van der Waals surface area contributed by atoms with Gasteiger partial charge in [-0.25, -0.2) is 4.39 Å². The van der Waals surface area contributed by atoms with Crippen LogP contribution in [0.1, 0.15) is 37.0 Å². The van der Waals surface area contributed by atoms with Crippen LogP contribution in [0.2, 0.25) is 0 Å². The zero-order valence-electron chi connectivity index (χ0n) is 12.5. The highest BCUT2D eigenvalue weighted by atomic mass is 19.1. The third kappa shape index (κ3) is 3.93. The number of amides is 1. The van der Waals surface area contributed by atoms with Crippen molar-refractivity contribution in [3.8, 4) is 0 Å². The van der Waals surface area contributed by atoms with Gasteiger partial charge in [-0.3, -0.25) is 4.79 Å². The second kappa shape index (κ2) is 6.70. The predicted molar refractivity (Wildman–Crippen MR) is 78.6 cm³/mol. The number of carbonyl (C=O) groups excluding carboxylic acids is 1. The van der Waals surface area contributed by atoms with Gasteiger partial charge in [0.05, 0.1) is 5.56 Å². The lowest BCUT2D eigenvalue weighted by Crippen LogP contribution is -2.46. The summed E-state index contributed by atoms with van der Waals surface area (Å²) in [6.07, 6.45) is 1.10. The summed E-state index contributed by atoms with van der Waals surface area (Å²) in [5, 5.41) is 11.8.